The van der Waals surface area contributed by atoms with Gasteiger partial charge < -0.3 is 15.0 Å². The molecule has 27 heavy (non-hydrogen) atoms. The van der Waals surface area contributed by atoms with Crippen molar-refractivity contribution in [2.75, 3.05) is 20.7 Å². The highest BCUT2D eigenvalue weighted by atomic mass is 16.5. The van der Waals surface area contributed by atoms with Crippen molar-refractivity contribution in [2.24, 2.45) is 0 Å². The van der Waals surface area contributed by atoms with Crippen LogP contribution in [0.5, 0.6) is 5.75 Å². The van der Waals surface area contributed by atoms with Crippen molar-refractivity contribution in [3.05, 3.63) is 29.8 Å². The van der Waals surface area contributed by atoms with Gasteiger partial charge in [0.2, 0.25) is 5.91 Å². The molecule has 1 saturated heterocycles. The van der Waals surface area contributed by atoms with Gasteiger partial charge in [0.05, 0.1) is 7.11 Å². The van der Waals surface area contributed by atoms with Crippen LogP contribution in [0.3, 0.4) is 0 Å². The van der Waals surface area contributed by atoms with Crippen LogP contribution in [0.2, 0.25) is 0 Å². The Morgan fingerprint density at radius 2 is 1.89 bits per heavy atom. The van der Waals surface area contributed by atoms with Crippen LogP contribution < -0.4 is 10.1 Å². The van der Waals surface area contributed by atoms with E-state index >= 15 is 0 Å². The minimum atomic E-state index is -0.674. The fourth-order valence-electron chi connectivity index (χ4n) is 3.87. The smallest absolute Gasteiger partial charge is 0.325 e. The number of ether oxygens (including phenoxy) is 1. The van der Waals surface area contributed by atoms with Crippen molar-refractivity contribution in [1.82, 2.24) is 15.1 Å². The van der Waals surface area contributed by atoms with Gasteiger partial charge in [0, 0.05) is 26.6 Å². The number of hydrogen-bond donors (Lipinski definition) is 1. The predicted molar refractivity (Wildman–Crippen MR) is 100 cm³/mol. The lowest BCUT2D eigenvalue weighted by molar-refractivity contribution is -0.133. The zero-order valence-corrected chi connectivity index (χ0v) is 16.0. The first-order chi connectivity index (χ1) is 12.9. The molecule has 7 nitrogen and oxygen atoms in total. The van der Waals surface area contributed by atoms with Crippen molar-refractivity contribution in [1.29, 1.82) is 0 Å². The monoisotopic (exact) mass is 373 g/mol. The molecule has 4 amide bonds. The summed E-state index contributed by atoms with van der Waals surface area (Å²) in [6.45, 7) is 0.795. The number of methoxy groups -OCH3 is 1. The van der Waals surface area contributed by atoms with Crippen LogP contribution in [0.15, 0.2) is 24.3 Å². The van der Waals surface area contributed by atoms with Gasteiger partial charge in [0.15, 0.2) is 0 Å². The normalized spacial score (nSPS) is 18.1. The Labute approximate surface area is 159 Å². The van der Waals surface area contributed by atoms with Crippen molar-refractivity contribution < 1.29 is 19.1 Å². The van der Waals surface area contributed by atoms with Gasteiger partial charge in [-0.05, 0) is 37.0 Å². The van der Waals surface area contributed by atoms with E-state index in [2.05, 4.69) is 5.32 Å². The predicted octanol–water partition coefficient (Wildman–Crippen LogP) is 2.30. The third kappa shape index (κ3) is 4.07. The van der Waals surface area contributed by atoms with E-state index in [1.807, 2.05) is 24.3 Å². The first kappa shape index (κ1) is 19.2. The van der Waals surface area contributed by atoms with Crippen LogP contribution in [0.1, 0.15) is 44.1 Å². The number of carbonyl (C=O) groups excluding carboxylic acids is 3. The van der Waals surface area contributed by atoms with Crippen LogP contribution in [0.25, 0.3) is 0 Å². The number of nitrogens with zero attached hydrogens (tertiary/aromatic N) is 2. The number of hydrogen-bond acceptors (Lipinski definition) is 4. The summed E-state index contributed by atoms with van der Waals surface area (Å²) in [5.41, 5.74) is 0.343. The van der Waals surface area contributed by atoms with E-state index in [9.17, 15) is 14.4 Å². The first-order valence-corrected chi connectivity index (χ1v) is 9.46. The molecule has 3 rings (SSSR count). The fourth-order valence-corrected chi connectivity index (χ4v) is 3.87. The fraction of sp³-hybridized carbons (Fsp3) is 0.550. The largest absolute Gasteiger partial charge is 0.497 e. The van der Waals surface area contributed by atoms with Gasteiger partial charge >= 0.3 is 6.03 Å². The van der Waals surface area contributed by atoms with Crippen LogP contribution in [-0.2, 0) is 16.1 Å². The number of amides is 4. The maximum Gasteiger partial charge on any atom is 0.325 e. The van der Waals surface area contributed by atoms with E-state index in [0.717, 1.165) is 37.0 Å². The molecule has 1 N–H and O–H groups in total. The number of carbonyl (C=O) groups is 3. The summed E-state index contributed by atoms with van der Waals surface area (Å²) in [5, 5.41) is 2.86. The molecule has 1 heterocycles. The zero-order valence-electron chi connectivity index (χ0n) is 16.0. The van der Waals surface area contributed by atoms with Crippen LogP contribution in [0.4, 0.5) is 4.79 Å². The molecule has 0 aromatic heterocycles. The minimum absolute atomic E-state index is 0.00606. The second-order valence-corrected chi connectivity index (χ2v) is 7.38. The van der Waals surface area contributed by atoms with Crippen molar-refractivity contribution in [3.63, 3.8) is 0 Å². The molecular weight excluding hydrogens is 346 g/mol. The van der Waals surface area contributed by atoms with Crippen molar-refractivity contribution >= 4 is 17.8 Å². The molecule has 0 atom stereocenters. The first-order valence-electron chi connectivity index (χ1n) is 9.46. The van der Waals surface area contributed by atoms with E-state index in [1.165, 1.54) is 4.90 Å². The summed E-state index contributed by atoms with van der Waals surface area (Å²) in [7, 11) is 3.37. The Kier molecular flexibility index (Phi) is 5.68. The van der Waals surface area contributed by atoms with E-state index < -0.39 is 5.54 Å². The lowest BCUT2D eigenvalue weighted by atomic mass is 9.98. The summed E-state index contributed by atoms with van der Waals surface area (Å²) in [4.78, 5) is 40.0. The third-order valence-electron chi connectivity index (χ3n) is 5.48. The molecule has 0 radical (unpaired) electrons. The van der Waals surface area contributed by atoms with E-state index in [-0.39, 0.29) is 24.4 Å². The Hall–Kier alpha value is -2.57. The number of imide groups is 1. The number of urea groups is 1. The molecule has 146 valence electrons. The van der Waals surface area contributed by atoms with Gasteiger partial charge in [-0.15, -0.1) is 0 Å². The highest BCUT2D eigenvalue weighted by Gasteiger charge is 2.52. The molecule has 1 saturated carbocycles. The van der Waals surface area contributed by atoms with Crippen LogP contribution in [0, 0.1) is 0 Å². The molecule has 0 bridgehead atoms. The van der Waals surface area contributed by atoms with E-state index in [0.29, 0.717) is 19.4 Å². The molecule has 1 aliphatic heterocycles. The van der Waals surface area contributed by atoms with Gasteiger partial charge in [-0.2, -0.15) is 0 Å². The summed E-state index contributed by atoms with van der Waals surface area (Å²) in [5.74, 6) is 0.652. The topological polar surface area (TPSA) is 79.0 Å². The maximum atomic E-state index is 12.6. The molecule has 0 unspecified atom stereocenters. The lowest BCUT2D eigenvalue weighted by Gasteiger charge is -2.20. The Bertz CT molecular complexity index is 710. The Morgan fingerprint density at radius 3 is 2.52 bits per heavy atom. The van der Waals surface area contributed by atoms with Gasteiger partial charge in [0.25, 0.3) is 5.91 Å². The molecule has 7 heteroatoms. The number of benzene rings is 1. The van der Waals surface area contributed by atoms with Crippen molar-refractivity contribution in [2.45, 2.75) is 50.6 Å². The summed E-state index contributed by atoms with van der Waals surface area (Å²) in [6, 6.07) is 7.27. The van der Waals surface area contributed by atoms with E-state index in [1.54, 1.807) is 19.1 Å². The van der Waals surface area contributed by atoms with Gasteiger partial charge in [-0.3, -0.25) is 14.5 Å². The molecule has 1 spiro atoms. The van der Waals surface area contributed by atoms with Crippen LogP contribution in [-0.4, -0.2) is 53.9 Å². The molecule has 2 aliphatic rings. The second-order valence-electron chi connectivity index (χ2n) is 7.38. The molecule has 1 aliphatic carbocycles. The second kappa shape index (κ2) is 7.98. The third-order valence-corrected chi connectivity index (χ3v) is 5.48. The summed E-state index contributed by atoms with van der Waals surface area (Å²) in [6.07, 6.45) is 4.15. The zero-order chi connectivity index (χ0) is 19.4. The standard InChI is InChI=1S/C20H27N3O4/c1-22(14-15-7-9-16(27-2)10-8-15)17(24)6-5-13-23-18(25)20(21-19(23)26)11-3-4-12-20/h7-10H,3-6,11-14H2,1-2H3,(H,21,26). The maximum absolute atomic E-state index is 12.6. The van der Waals surface area contributed by atoms with Gasteiger partial charge in [-0.25, -0.2) is 4.79 Å². The average Bonchev–Trinajstić information content (AvgIpc) is 3.22. The highest BCUT2D eigenvalue weighted by molar-refractivity contribution is 6.07. The number of nitrogens with one attached hydrogen (secondary N) is 1. The quantitative estimate of drug-likeness (QED) is 0.744. The van der Waals surface area contributed by atoms with Gasteiger partial charge in [0.1, 0.15) is 11.3 Å². The molecule has 2 fully saturated rings. The van der Waals surface area contributed by atoms with Crippen molar-refractivity contribution in [3.8, 4) is 5.75 Å². The van der Waals surface area contributed by atoms with Crippen LogP contribution >= 0.6 is 0 Å². The molecular formula is C20H27N3O4. The SMILES string of the molecule is COc1ccc(CN(C)C(=O)CCCN2C(=O)NC3(CCCC3)C2=O)cc1. The number of rotatable bonds is 7. The lowest BCUT2D eigenvalue weighted by Crippen LogP contribution is -2.44. The Morgan fingerprint density at radius 1 is 1.22 bits per heavy atom. The average molecular weight is 373 g/mol. The van der Waals surface area contributed by atoms with E-state index in [4.69, 9.17) is 4.74 Å². The highest BCUT2D eigenvalue weighted by Crippen LogP contribution is 2.35. The molecule has 1 aromatic carbocycles. The Balaban J connectivity index is 1.46. The van der Waals surface area contributed by atoms with Gasteiger partial charge in [-0.1, -0.05) is 25.0 Å². The summed E-state index contributed by atoms with van der Waals surface area (Å²) >= 11 is 0. The molecule has 1 aromatic rings. The minimum Gasteiger partial charge on any atom is -0.497 e. The summed E-state index contributed by atoms with van der Waals surface area (Å²) < 4.78 is 5.13.